The Hall–Kier alpha value is -2.80. The summed E-state index contributed by atoms with van der Waals surface area (Å²) in [5.41, 5.74) is 2.00. The van der Waals surface area contributed by atoms with Gasteiger partial charge in [0.15, 0.2) is 0 Å². The predicted octanol–water partition coefficient (Wildman–Crippen LogP) is 3.95. The minimum Gasteiger partial charge on any atom is -0.336 e. The van der Waals surface area contributed by atoms with Gasteiger partial charge in [-0.25, -0.2) is 15.0 Å². The second-order valence-electron chi connectivity index (χ2n) is 6.37. The second-order valence-corrected chi connectivity index (χ2v) is 7.44. The van der Waals surface area contributed by atoms with Gasteiger partial charge in [0.1, 0.15) is 16.6 Å². The molecule has 1 aliphatic heterocycles. The van der Waals surface area contributed by atoms with Crippen molar-refractivity contribution in [3.8, 4) is 10.6 Å². The van der Waals surface area contributed by atoms with E-state index in [1.165, 1.54) is 0 Å². The highest BCUT2D eigenvalue weighted by Gasteiger charge is 2.31. The summed E-state index contributed by atoms with van der Waals surface area (Å²) in [6, 6.07) is 9.86. The van der Waals surface area contributed by atoms with Crippen LogP contribution in [0, 0.1) is 6.92 Å². The third kappa shape index (κ3) is 3.30. The fourth-order valence-corrected chi connectivity index (χ4v) is 4.10. The number of nitrogens with one attached hydrogen (secondary N) is 1. The highest BCUT2D eigenvalue weighted by Crippen LogP contribution is 2.36. The first kappa shape index (κ1) is 16.7. The Morgan fingerprint density at radius 3 is 2.88 bits per heavy atom. The number of hydrogen-bond donors (Lipinski definition) is 1. The second kappa shape index (κ2) is 6.84. The Morgan fingerprint density at radius 1 is 1.23 bits per heavy atom. The van der Waals surface area contributed by atoms with Crippen LogP contribution in [0.5, 0.6) is 0 Å². The van der Waals surface area contributed by atoms with Crippen molar-refractivity contribution in [1.29, 1.82) is 0 Å². The quantitative estimate of drug-likeness (QED) is 0.758. The number of likely N-dealkylation sites (tertiary alicyclic amines) is 1. The minimum absolute atomic E-state index is 0.0825. The smallest absolute Gasteiger partial charge is 0.222 e. The van der Waals surface area contributed by atoms with Crippen molar-refractivity contribution in [3.63, 3.8) is 0 Å². The molecule has 0 saturated carbocycles. The Bertz CT molecular complexity index is 954. The molecule has 4 rings (SSSR count). The van der Waals surface area contributed by atoms with Crippen LogP contribution in [-0.4, -0.2) is 32.8 Å². The molecule has 3 aromatic heterocycles. The third-order valence-electron chi connectivity index (χ3n) is 4.47. The normalized spacial score (nSPS) is 16.9. The van der Waals surface area contributed by atoms with Gasteiger partial charge in [-0.1, -0.05) is 6.07 Å². The van der Waals surface area contributed by atoms with Crippen molar-refractivity contribution in [2.24, 2.45) is 0 Å². The number of thiazole rings is 1. The van der Waals surface area contributed by atoms with Crippen molar-refractivity contribution in [2.75, 3.05) is 12.4 Å². The molecule has 0 radical (unpaired) electrons. The van der Waals surface area contributed by atoms with Crippen LogP contribution in [0.15, 0.2) is 42.7 Å². The molecule has 1 amide bonds. The number of aromatic nitrogens is 3. The van der Waals surface area contributed by atoms with Gasteiger partial charge in [-0.3, -0.25) is 4.79 Å². The van der Waals surface area contributed by atoms with Crippen molar-refractivity contribution in [1.82, 2.24) is 19.9 Å². The Balaban J connectivity index is 1.56. The number of aryl methyl sites for hydroxylation is 1. The Morgan fingerprint density at radius 2 is 2.12 bits per heavy atom. The van der Waals surface area contributed by atoms with E-state index in [4.69, 9.17) is 0 Å². The molecule has 0 bridgehead atoms. The molecule has 132 valence electrons. The van der Waals surface area contributed by atoms with Crippen LogP contribution in [-0.2, 0) is 4.79 Å². The van der Waals surface area contributed by atoms with Crippen LogP contribution in [0.3, 0.4) is 0 Å². The van der Waals surface area contributed by atoms with E-state index in [-0.39, 0.29) is 11.9 Å². The molecule has 7 heteroatoms. The number of pyridine rings is 2. The number of amides is 1. The molecule has 0 aromatic carbocycles. The van der Waals surface area contributed by atoms with Gasteiger partial charge in [-0.05, 0) is 43.2 Å². The summed E-state index contributed by atoms with van der Waals surface area (Å²) >= 11 is 1.60. The maximum atomic E-state index is 11.8. The molecule has 1 fully saturated rings. The average molecular weight is 365 g/mol. The van der Waals surface area contributed by atoms with Gasteiger partial charge >= 0.3 is 0 Å². The maximum absolute atomic E-state index is 11.8. The lowest BCUT2D eigenvalue weighted by molar-refractivity contribution is -0.127. The predicted molar refractivity (Wildman–Crippen MR) is 102 cm³/mol. The zero-order valence-corrected chi connectivity index (χ0v) is 15.5. The van der Waals surface area contributed by atoms with Gasteiger partial charge in [0.05, 0.1) is 16.6 Å². The molecule has 1 saturated heterocycles. The molecule has 1 unspecified atom stereocenters. The van der Waals surface area contributed by atoms with Crippen LogP contribution < -0.4 is 5.32 Å². The highest BCUT2D eigenvalue weighted by atomic mass is 32.1. The lowest BCUT2D eigenvalue weighted by Gasteiger charge is -2.16. The van der Waals surface area contributed by atoms with E-state index < -0.39 is 0 Å². The first-order valence-corrected chi connectivity index (χ1v) is 9.30. The summed E-state index contributed by atoms with van der Waals surface area (Å²) in [4.78, 5) is 28.1. The number of carbonyl (C=O) groups excluding carboxylic acids is 1. The molecular weight excluding hydrogens is 346 g/mol. The molecule has 26 heavy (non-hydrogen) atoms. The number of rotatable bonds is 4. The molecule has 1 atom stereocenters. The van der Waals surface area contributed by atoms with Crippen LogP contribution >= 0.6 is 11.3 Å². The van der Waals surface area contributed by atoms with E-state index in [1.807, 2.05) is 50.5 Å². The standard InChI is InChI=1S/C19H19N5OS/c1-12-8-9-20-17(10-12)23-16-5-3-4-13(22-16)15-11-21-19(26-15)14-6-7-18(25)24(14)2/h3-5,8-11,14H,6-7H2,1-2H3,(H,20,22,23). The van der Waals surface area contributed by atoms with Gasteiger partial charge in [0.25, 0.3) is 0 Å². The lowest BCUT2D eigenvalue weighted by atomic mass is 10.2. The van der Waals surface area contributed by atoms with Crippen LogP contribution in [0.4, 0.5) is 11.6 Å². The number of nitrogens with zero attached hydrogens (tertiary/aromatic N) is 4. The van der Waals surface area contributed by atoms with E-state index in [0.29, 0.717) is 6.42 Å². The van der Waals surface area contributed by atoms with Crippen molar-refractivity contribution in [3.05, 3.63) is 53.3 Å². The lowest BCUT2D eigenvalue weighted by Crippen LogP contribution is -2.22. The topological polar surface area (TPSA) is 71.0 Å². The van der Waals surface area contributed by atoms with Gasteiger partial charge in [0, 0.05) is 25.9 Å². The summed E-state index contributed by atoms with van der Waals surface area (Å²) in [5.74, 6) is 1.69. The van der Waals surface area contributed by atoms with Crippen LogP contribution in [0.1, 0.15) is 29.5 Å². The molecule has 3 aromatic rings. The van der Waals surface area contributed by atoms with Gasteiger partial charge in [0.2, 0.25) is 5.91 Å². The summed E-state index contributed by atoms with van der Waals surface area (Å²) in [5, 5.41) is 4.21. The fraction of sp³-hybridized carbons (Fsp3) is 0.263. The number of anilines is 2. The van der Waals surface area contributed by atoms with E-state index in [9.17, 15) is 4.79 Å². The van der Waals surface area contributed by atoms with E-state index in [0.717, 1.165) is 39.2 Å². The maximum Gasteiger partial charge on any atom is 0.222 e. The van der Waals surface area contributed by atoms with Gasteiger partial charge in [-0.15, -0.1) is 11.3 Å². The SMILES string of the molecule is Cc1ccnc(Nc2cccc(-c3cnc(C4CCC(=O)N4C)s3)n2)c1. The molecular formula is C19H19N5OS. The van der Waals surface area contributed by atoms with E-state index >= 15 is 0 Å². The Labute approximate surface area is 155 Å². The largest absolute Gasteiger partial charge is 0.336 e. The van der Waals surface area contributed by atoms with Crippen LogP contribution in [0.2, 0.25) is 0 Å². The summed E-state index contributed by atoms with van der Waals surface area (Å²) in [7, 11) is 1.85. The van der Waals surface area contributed by atoms with Gasteiger partial charge in [-0.2, -0.15) is 0 Å². The summed E-state index contributed by atoms with van der Waals surface area (Å²) in [6.07, 6.45) is 5.04. The van der Waals surface area contributed by atoms with Crippen molar-refractivity contribution >= 4 is 28.9 Å². The van der Waals surface area contributed by atoms with Crippen molar-refractivity contribution in [2.45, 2.75) is 25.8 Å². The zero-order valence-electron chi connectivity index (χ0n) is 14.6. The number of carbonyl (C=O) groups is 1. The summed E-state index contributed by atoms with van der Waals surface area (Å²) in [6.45, 7) is 2.03. The fourth-order valence-electron chi connectivity index (χ4n) is 3.03. The third-order valence-corrected chi connectivity index (χ3v) is 5.60. The molecule has 1 N–H and O–H groups in total. The van der Waals surface area contributed by atoms with Crippen molar-refractivity contribution < 1.29 is 4.79 Å². The van der Waals surface area contributed by atoms with E-state index in [2.05, 4.69) is 20.3 Å². The zero-order chi connectivity index (χ0) is 18.1. The van der Waals surface area contributed by atoms with Gasteiger partial charge < -0.3 is 10.2 Å². The molecule has 1 aliphatic rings. The molecule has 6 nitrogen and oxygen atoms in total. The minimum atomic E-state index is 0.0825. The number of hydrogen-bond acceptors (Lipinski definition) is 6. The molecule has 4 heterocycles. The summed E-state index contributed by atoms with van der Waals surface area (Å²) < 4.78 is 0. The van der Waals surface area contributed by atoms with Crippen LogP contribution in [0.25, 0.3) is 10.6 Å². The highest BCUT2D eigenvalue weighted by molar-refractivity contribution is 7.15. The first-order valence-electron chi connectivity index (χ1n) is 8.48. The molecule has 0 aliphatic carbocycles. The first-order chi connectivity index (χ1) is 12.6. The molecule has 0 spiro atoms. The Kier molecular flexibility index (Phi) is 4.38. The average Bonchev–Trinajstić information content (AvgIpc) is 3.23. The monoisotopic (exact) mass is 365 g/mol. The van der Waals surface area contributed by atoms with E-state index in [1.54, 1.807) is 22.4 Å².